The molecule has 0 aromatic heterocycles. The van der Waals surface area contributed by atoms with Gasteiger partial charge in [-0.3, -0.25) is 0 Å². The van der Waals surface area contributed by atoms with E-state index in [0.29, 0.717) is 0 Å². The van der Waals surface area contributed by atoms with Crippen molar-refractivity contribution in [3.05, 3.63) is 12.2 Å². The molecule has 0 aromatic rings. The lowest BCUT2D eigenvalue weighted by atomic mass is 10.0. The Morgan fingerprint density at radius 1 is 1.40 bits per heavy atom. The maximum absolute atomic E-state index is 9.30. The molecule has 1 aliphatic rings. The van der Waals surface area contributed by atoms with Crippen molar-refractivity contribution < 1.29 is 5.11 Å². The number of aliphatic hydroxyl groups excluding tert-OH is 1. The molecule has 1 N–H and O–H groups in total. The zero-order valence-electron chi connectivity index (χ0n) is 5.96. The van der Waals surface area contributed by atoms with Gasteiger partial charge in [-0.2, -0.15) is 0 Å². The summed E-state index contributed by atoms with van der Waals surface area (Å²) in [5.74, 6) is 0. The van der Waals surface area contributed by atoms with Gasteiger partial charge in [0.05, 0.1) is 11.5 Å². The molecule has 0 saturated heterocycles. The van der Waals surface area contributed by atoms with Crippen LogP contribution in [0.25, 0.3) is 0 Å². The Balaban J connectivity index is 2.44. The predicted molar refractivity (Wildman–Crippen MR) is 43.3 cm³/mol. The van der Waals surface area contributed by atoms with E-state index in [1.54, 1.807) is 0 Å². The lowest BCUT2D eigenvalue weighted by Gasteiger charge is -2.15. The van der Waals surface area contributed by atoms with Crippen LogP contribution in [0.4, 0.5) is 0 Å². The zero-order valence-corrected chi connectivity index (χ0v) is 6.72. The van der Waals surface area contributed by atoms with E-state index in [9.17, 15) is 5.11 Å². The van der Waals surface area contributed by atoms with Gasteiger partial charge in [0.1, 0.15) is 0 Å². The van der Waals surface area contributed by atoms with E-state index in [0.717, 1.165) is 19.3 Å². The maximum Gasteiger partial charge on any atom is 0.0775 e. The Kier molecular flexibility index (Phi) is 3.23. The molecular formula is C8H13ClO. The molecule has 0 fully saturated rings. The zero-order chi connectivity index (χ0) is 7.40. The van der Waals surface area contributed by atoms with Crippen LogP contribution in [0.2, 0.25) is 0 Å². The van der Waals surface area contributed by atoms with Crippen molar-refractivity contribution in [2.45, 2.75) is 37.2 Å². The number of hydrogen-bond acceptors (Lipinski definition) is 1. The van der Waals surface area contributed by atoms with E-state index < -0.39 is 0 Å². The van der Waals surface area contributed by atoms with Gasteiger partial charge in [0.15, 0.2) is 0 Å². The van der Waals surface area contributed by atoms with Gasteiger partial charge < -0.3 is 5.11 Å². The first-order chi connectivity index (χ1) is 4.80. The summed E-state index contributed by atoms with van der Waals surface area (Å²) in [4.78, 5) is 0. The second-order valence-electron chi connectivity index (χ2n) is 2.72. The summed E-state index contributed by atoms with van der Waals surface area (Å²) in [5.41, 5.74) is 0. The van der Waals surface area contributed by atoms with Gasteiger partial charge in [-0.15, -0.1) is 11.6 Å². The van der Waals surface area contributed by atoms with Crippen LogP contribution >= 0.6 is 11.6 Å². The number of rotatable bonds is 0. The highest BCUT2D eigenvalue weighted by Crippen LogP contribution is 2.16. The van der Waals surface area contributed by atoms with Gasteiger partial charge in [-0.25, -0.2) is 0 Å². The highest BCUT2D eigenvalue weighted by atomic mass is 35.5. The quantitative estimate of drug-likeness (QED) is 0.425. The molecular weight excluding hydrogens is 148 g/mol. The van der Waals surface area contributed by atoms with Crippen LogP contribution < -0.4 is 0 Å². The minimum atomic E-state index is -0.335. The standard InChI is InChI=1S/C8H13ClO/c9-7-5-3-1-2-4-6-8(7)10/h3,5,7-8,10H,1-2,4,6H2/b5-3-/t7-,8-/m0/s1. The van der Waals surface area contributed by atoms with E-state index in [1.165, 1.54) is 6.42 Å². The molecule has 0 aliphatic heterocycles. The summed E-state index contributed by atoms with van der Waals surface area (Å²) in [7, 11) is 0. The molecule has 0 amide bonds. The molecule has 0 heterocycles. The van der Waals surface area contributed by atoms with Crippen molar-refractivity contribution in [1.82, 2.24) is 0 Å². The van der Waals surface area contributed by atoms with Crippen molar-refractivity contribution in [1.29, 1.82) is 0 Å². The van der Waals surface area contributed by atoms with Crippen LogP contribution in [-0.4, -0.2) is 16.6 Å². The van der Waals surface area contributed by atoms with Gasteiger partial charge in [-0.05, 0) is 19.3 Å². The summed E-state index contributed by atoms with van der Waals surface area (Å²) < 4.78 is 0. The largest absolute Gasteiger partial charge is 0.391 e. The SMILES string of the molecule is O[C@H]1CCCC/C=C\[C@@H]1Cl. The summed E-state index contributed by atoms with van der Waals surface area (Å²) in [6.07, 6.45) is 7.84. The molecule has 1 rings (SSSR count). The molecule has 0 saturated carbocycles. The van der Waals surface area contributed by atoms with Crippen LogP contribution in [-0.2, 0) is 0 Å². The van der Waals surface area contributed by atoms with Crippen LogP contribution in [0.5, 0.6) is 0 Å². The lowest BCUT2D eigenvalue weighted by molar-refractivity contribution is 0.166. The molecule has 0 unspecified atom stereocenters. The molecule has 1 aliphatic carbocycles. The molecule has 0 spiro atoms. The van der Waals surface area contributed by atoms with Gasteiger partial charge in [-0.1, -0.05) is 18.6 Å². The third-order valence-electron chi connectivity index (χ3n) is 1.81. The summed E-state index contributed by atoms with van der Waals surface area (Å²) >= 11 is 5.81. The second kappa shape index (κ2) is 3.99. The average Bonchev–Trinajstić information content (AvgIpc) is 1.92. The molecule has 1 nitrogen and oxygen atoms in total. The predicted octanol–water partition coefficient (Wildman–Crippen LogP) is 2.08. The summed E-state index contributed by atoms with van der Waals surface area (Å²) in [5, 5.41) is 9.13. The van der Waals surface area contributed by atoms with Crippen LogP contribution in [0.1, 0.15) is 25.7 Å². The molecule has 0 bridgehead atoms. The van der Waals surface area contributed by atoms with Crippen LogP contribution in [0.3, 0.4) is 0 Å². The van der Waals surface area contributed by atoms with Gasteiger partial charge in [0.2, 0.25) is 0 Å². The van der Waals surface area contributed by atoms with Crippen molar-refractivity contribution in [2.75, 3.05) is 0 Å². The molecule has 58 valence electrons. The monoisotopic (exact) mass is 160 g/mol. The van der Waals surface area contributed by atoms with E-state index in [-0.39, 0.29) is 11.5 Å². The van der Waals surface area contributed by atoms with Crippen molar-refractivity contribution in [2.24, 2.45) is 0 Å². The first-order valence-corrected chi connectivity index (χ1v) is 4.23. The minimum Gasteiger partial charge on any atom is -0.391 e. The highest BCUT2D eigenvalue weighted by Gasteiger charge is 2.13. The highest BCUT2D eigenvalue weighted by molar-refractivity contribution is 6.22. The fourth-order valence-electron chi connectivity index (χ4n) is 1.13. The maximum atomic E-state index is 9.30. The number of hydrogen-bond donors (Lipinski definition) is 1. The topological polar surface area (TPSA) is 20.2 Å². The molecule has 0 radical (unpaired) electrons. The number of aliphatic hydroxyl groups is 1. The minimum absolute atomic E-state index is 0.166. The third kappa shape index (κ3) is 2.31. The Bertz CT molecular complexity index is 122. The van der Waals surface area contributed by atoms with E-state index in [2.05, 4.69) is 6.08 Å². The molecule has 0 aromatic carbocycles. The normalized spacial score (nSPS) is 38.2. The Labute approximate surface area is 66.7 Å². The van der Waals surface area contributed by atoms with Gasteiger partial charge in [0, 0.05) is 0 Å². The van der Waals surface area contributed by atoms with Crippen molar-refractivity contribution in [3.8, 4) is 0 Å². The van der Waals surface area contributed by atoms with Gasteiger partial charge >= 0.3 is 0 Å². The van der Waals surface area contributed by atoms with Crippen LogP contribution in [0, 0.1) is 0 Å². The Morgan fingerprint density at radius 3 is 3.00 bits per heavy atom. The summed E-state index contributed by atoms with van der Waals surface area (Å²) in [6.45, 7) is 0. The molecule has 10 heavy (non-hydrogen) atoms. The lowest BCUT2D eigenvalue weighted by Crippen LogP contribution is -2.19. The Hall–Kier alpha value is -0.0100. The first kappa shape index (κ1) is 8.09. The summed E-state index contributed by atoms with van der Waals surface area (Å²) in [6, 6.07) is 0. The van der Waals surface area contributed by atoms with Crippen molar-refractivity contribution >= 4 is 11.6 Å². The molecule has 2 atom stereocenters. The number of halogens is 1. The van der Waals surface area contributed by atoms with E-state index in [1.807, 2.05) is 6.08 Å². The third-order valence-corrected chi connectivity index (χ3v) is 2.24. The second-order valence-corrected chi connectivity index (χ2v) is 3.23. The number of allylic oxidation sites excluding steroid dienone is 1. The number of alkyl halides is 1. The first-order valence-electron chi connectivity index (χ1n) is 3.79. The fraction of sp³-hybridized carbons (Fsp3) is 0.750. The average molecular weight is 161 g/mol. The smallest absolute Gasteiger partial charge is 0.0775 e. The van der Waals surface area contributed by atoms with E-state index >= 15 is 0 Å². The van der Waals surface area contributed by atoms with Gasteiger partial charge in [0.25, 0.3) is 0 Å². The fourth-order valence-corrected chi connectivity index (χ4v) is 1.36. The Morgan fingerprint density at radius 2 is 2.20 bits per heavy atom. The van der Waals surface area contributed by atoms with Crippen LogP contribution in [0.15, 0.2) is 12.2 Å². The molecule has 2 heteroatoms. The van der Waals surface area contributed by atoms with Crippen molar-refractivity contribution in [3.63, 3.8) is 0 Å². The van der Waals surface area contributed by atoms with E-state index in [4.69, 9.17) is 11.6 Å².